The average molecular weight is 275 g/mol. The molecule has 1 saturated heterocycles. The van der Waals surface area contributed by atoms with Crippen LogP contribution < -0.4 is 5.32 Å². The Balaban J connectivity index is 2.15. The van der Waals surface area contributed by atoms with Gasteiger partial charge in [0, 0.05) is 19.6 Å². The van der Waals surface area contributed by atoms with Gasteiger partial charge in [0.15, 0.2) is 0 Å². The number of hydrogen-bond acceptors (Lipinski definition) is 2. The molecule has 110 valence electrons. The Kier molecular flexibility index (Phi) is 4.19. The van der Waals surface area contributed by atoms with E-state index in [1.165, 1.54) is 5.56 Å². The van der Waals surface area contributed by atoms with Gasteiger partial charge in [-0.2, -0.15) is 0 Å². The van der Waals surface area contributed by atoms with Gasteiger partial charge in [-0.25, -0.2) is 0 Å². The van der Waals surface area contributed by atoms with Crippen LogP contribution >= 0.6 is 0 Å². The number of nitrogens with one attached hydrogen (secondary N) is 1. The minimum atomic E-state index is -0.212. The quantitative estimate of drug-likeness (QED) is 0.897. The van der Waals surface area contributed by atoms with Gasteiger partial charge < -0.3 is 10.1 Å². The van der Waals surface area contributed by atoms with Crippen LogP contribution in [0.5, 0.6) is 0 Å². The van der Waals surface area contributed by atoms with Gasteiger partial charge in [-0.05, 0) is 37.7 Å². The zero-order valence-corrected chi connectivity index (χ0v) is 12.9. The summed E-state index contributed by atoms with van der Waals surface area (Å²) in [6, 6.07) is 10.5. The normalized spacial score (nSPS) is 26.6. The van der Waals surface area contributed by atoms with Crippen LogP contribution in [0.3, 0.4) is 0 Å². The maximum atomic E-state index is 11.9. The molecule has 2 unspecified atom stereocenters. The van der Waals surface area contributed by atoms with Gasteiger partial charge in [0.05, 0.1) is 5.60 Å². The molecule has 2 atom stereocenters. The van der Waals surface area contributed by atoms with Gasteiger partial charge in [0.1, 0.15) is 0 Å². The predicted octanol–water partition coefficient (Wildman–Crippen LogP) is 2.94. The minimum absolute atomic E-state index is 0.0631. The molecule has 1 aliphatic rings. The molecular weight excluding hydrogens is 250 g/mol. The van der Waals surface area contributed by atoms with Crippen LogP contribution in [-0.2, 0) is 16.0 Å². The smallest absolute Gasteiger partial charge is 0.220 e. The highest BCUT2D eigenvalue weighted by Gasteiger charge is 2.45. The highest BCUT2D eigenvalue weighted by atomic mass is 16.5. The Hall–Kier alpha value is -1.35. The molecule has 1 fully saturated rings. The minimum Gasteiger partial charge on any atom is -0.379 e. The van der Waals surface area contributed by atoms with Crippen molar-refractivity contribution in [2.24, 2.45) is 5.41 Å². The van der Waals surface area contributed by atoms with Gasteiger partial charge >= 0.3 is 0 Å². The molecule has 20 heavy (non-hydrogen) atoms. The second-order valence-corrected chi connectivity index (χ2v) is 6.78. The van der Waals surface area contributed by atoms with Crippen molar-refractivity contribution < 1.29 is 9.53 Å². The maximum absolute atomic E-state index is 11.9. The number of benzene rings is 1. The number of carbonyl (C=O) groups is 1. The number of carbonyl (C=O) groups excluding carboxylic acids is 1. The molecule has 0 spiro atoms. The highest BCUT2D eigenvalue weighted by Crippen LogP contribution is 2.41. The Morgan fingerprint density at radius 3 is 2.60 bits per heavy atom. The summed E-state index contributed by atoms with van der Waals surface area (Å²) in [4.78, 5) is 11.9. The van der Waals surface area contributed by atoms with Crippen molar-refractivity contribution in [2.75, 3.05) is 7.11 Å². The van der Waals surface area contributed by atoms with Crippen LogP contribution in [0.25, 0.3) is 0 Å². The third-order valence-electron chi connectivity index (χ3n) is 4.41. The SMILES string of the molecule is COC(C)(C)CC1(C)CC(=O)NC1Cc1ccccc1. The highest BCUT2D eigenvalue weighted by molar-refractivity contribution is 5.80. The monoisotopic (exact) mass is 275 g/mol. The predicted molar refractivity (Wildman–Crippen MR) is 80.5 cm³/mol. The summed E-state index contributed by atoms with van der Waals surface area (Å²) in [7, 11) is 1.74. The third kappa shape index (κ3) is 3.40. The number of ether oxygens (including phenoxy) is 1. The molecule has 3 nitrogen and oxygen atoms in total. The molecule has 0 aromatic heterocycles. The van der Waals surface area contributed by atoms with Gasteiger partial charge in [0.2, 0.25) is 5.91 Å². The summed E-state index contributed by atoms with van der Waals surface area (Å²) >= 11 is 0. The summed E-state index contributed by atoms with van der Waals surface area (Å²) in [5, 5.41) is 3.15. The molecule has 0 aliphatic carbocycles. The van der Waals surface area contributed by atoms with Crippen LogP contribution in [0.1, 0.15) is 39.2 Å². The van der Waals surface area contributed by atoms with Crippen molar-refractivity contribution in [3.8, 4) is 0 Å². The average Bonchev–Trinajstić information content (AvgIpc) is 2.64. The maximum Gasteiger partial charge on any atom is 0.220 e. The summed E-state index contributed by atoms with van der Waals surface area (Å²) in [5.41, 5.74) is 0.990. The first kappa shape index (κ1) is 15.0. The van der Waals surface area contributed by atoms with E-state index in [-0.39, 0.29) is 23.0 Å². The Morgan fingerprint density at radius 1 is 1.35 bits per heavy atom. The Bertz CT molecular complexity index is 469. The van der Waals surface area contributed by atoms with Crippen LogP contribution in [0.15, 0.2) is 30.3 Å². The van der Waals surface area contributed by atoms with Crippen molar-refractivity contribution in [3.63, 3.8) is 0 Å². The van der Waals surface area contributed by atoms with E-state index in [1.807, 2.05) is 18.2 Å². The first-order chi connectivity index (χ1) is 9.35. The molecule has 1 amide bonds. The molecule has 0 radical (unpaired) electrons. The van der Waals surface area contributed by atoms with E-state index in [0.29, 0.717) is 6.42 Å². The van der Waals surface area contributed by atoms with Crippen LogP contribution in [0, 0.1) is 5.41 Å². The van der Waals surface area contributed by atoms with E-state index >= 15 is 0 Å². The fourth-order valence-corrected chi connectivity index (χ4v) is 3.29. The van der Waals surface area contributed by atoms with Gasteiger partial charge in [0.25, 0.3) is 0 Å². The summed E-state index contributed by atoms with van der Waals surface area (Å²) in [5.74, 6) is 0.153. The van der Waals surface area contributed by atoms with E-state index in [0.717, 1.165) is 12.8 Å². The van der Waals surface area contributed by atoms with Crippen molar-refractivity contribution in [1.82, 2.24) is 5.32 Å². The molecular formula is C17H25NO2. The fourth-order valence-electron chi connectivity index (χ4n) is 3.29. The summed E-state index contributed by atoms with van der Waals surface area (Å²) < 4.78 is 5.56. The lowest BCUT2D eigenvalue weighted by Crippen LogP contribution is -2.42. The third-order valence-corrected chi connectivity index (χ3v) is 4.41. The van der Waals surface area contributed by atoms with Crippen LogP contribution in [-0.4, -0.2) is 24.7 Å². The second kappa shape index (κ2) is 5.57. The van der Waals surface area contributed by atoms with Crippen LogP contribution in [0.4, 0.5) is 0 Å². The molecule has 0 bridgehead atoms. The summed E-state index contributed by atoms with van der Waals surface area (Å²) in [6.07, 6.45) is 2.33. The van der Waals surface area contributed by atoms with Crippen molar-refractivity contribution >= 4 is 5.91 Å². The zero-order valence-electron chi connectivity index (χ0n) is 12.9. The van der Waals surface area contributed by atoms with Crippen LogP contribution in [0.2, 0.25) is 0 Å². The molecule has 1 aromatic carbocycles. The standard InChI is InChI=1S/C17H25NO2/c1-16(2,20-4)12-17(3)11-15(19)18-14(17)10-13-8-6-5-7-9-13/h5-9,14H,10-12H2,1-4H3,(H,18,19). The molecule has 0 saturated carbocycles. The van der Waals surface area contributed by atoms with Crippen molar-refractivity contribution in [1.29, 1.82) is 0 Å². The number of rotatable bonds is 5. The van der Waals surface area contributed by atoms with E-state index < -0.39 is 0 Å². The van der Waals surface area contributed by atoms with Crippen molar-refractivity contribution in [3.05, 3.63) is 35.9 Å². The molecule has 1 N–H and O–H groups in total. The van der Waals surface area contributed by atoms with E-state index in [4.69, 9.17) is 4.74 Å². The van der Waals surface area contributed by atoms with Crippen molar-refractivity contribution in [2.45, 2.75) is 51.7 Å². The molecule has 1 heterocycles. The van der Waals surface area contributed by atoms with E-state index in [1.54, 1.807) is 7.11 Å². The van der Waals surface area contributed by atoms with Gasteiger partial charge in [-0.3, -0.25) is 4.79 Å². The second-order valence-electron chi connectivity index (χ2n) is 6.78. The first-order valence-electron chi connectivity index (χ1n) is 7.23. The largest absolute Gasteiger partial charge is 0.379 e. The van der Waals surface area contributed by atoms with E-state index in [9.17, 15) is 4.79 Å². The van der Waals surface area contributed by atoms with E-state index in [2.05, 4.69) is 38.2 Å². The molecule has 1 aliphatic heterocycles. The lowest BCUT2D eigenvalue weighted by Gasteiger charge is -2.37. The lowest BCUT2D eigenvalue weighted by molar-refractivity contribution is -0.119. The van der Waals surface area contributed by atoms with Gasteiger partial charge in [-0.1, -0.05) is 37.3 Å². The Morgan fingerprint density at radius 2 is 2.00 bits per heavy atom. The lowest BCUT2D eigenvalue weighted by atomic mass is 9.72. The molecule has 3 heteroatoms. The first-order valence-corrected chi connectivity index (χ1v) is 7.23. The Labute approximate surface area is 121 Å². The fraction of sp³-hybridized carbons (Fsp3) is 0.588. The zero-order chi connectivity index (χ0) is 14.8. The number of amides is 1. The summed E-state index contributed by atoms with van der Waals surface area (Å²) in [6.45, 7) is 6.36. The van der Waals surface area contributed by atoms with Gasteiger partial charge in [-0.15, -0.1) is 0 Å². The number of methoxy groups -OCH3 is 1. The topological polar surface area (TPSA) is 38.3 Å². The number of hydrogen-bond donors (Lipinski definition) is 1. The molecule has 1 aromatic rings. The molecule has 2 rings (SSSR count).